The maximum atomic E-state index is 11.9. The molecule has 0 bridgehead atoms. The van der Waals surface area contributed by atoms with E-state index in [0.29, 0.717) is 10.7 Å². The van der Waals surface area contributed by atoms with Crippen molar-refractivity contribution in [2.45, 2.75) is 30.2 Å². The van der Waals surface area contributed by atoms with E-state index in [2.05, 4.69) is 11.4 Å². The largest absolute Gasteiger partial charge is 0.398 e. The molecule has 2 rings (SSSR count). The van der Waals surface area contributed by atoms with Crippen molar-refractivity contribution in [1.29, 1.82) is 5.26 Å². The van der Waals surface area contributed by atoms with Crippen LogP contribution in [0.5, 0.6) is 0 Å². The second kappa shape index (κ2) is 5.94. The number of nitriles is 1. The number of halogens is 1. The standard InChI is InChI=1S/C14H16ClN3OS/c1-14(8-16,9-2-3-9)18-13(19)7-20-10-4-5-12(17)11(15)6-10/h4-6,9H,2-3,7,17H2,1H3,(H,18,19). The van der Waals surface area contributed by atoms with Crippen molar-refractivity contribution in [1.82, 2.24) is 5.32 Å². The van der Waals surface area contributed by atoms with E-state index in [1.807, 2.05) is 6.07 Å². The number of nitrogens with two attached hydrogens (primary N) is 1. The van der Waals surface area contributed by atoms with Crippen LogP contribution in [0, 0.1) is 17.2 Å². The smallest absolute Gasteiger partial charge is 0.231 e. The van der Waals surface area contributed by atoms with Crippen LogP contribution in [-0.4, -0.2) is 17.2 Å². The molecular formula is C14H16ClN3OS. The number of benzene rings is 1. The number of carbonyl (C=O) groups is 1. The molecule has 1 aliphatic rings. The molecule has 4 nitrogen and oxygen atoms in total. The Hall–Kier alpha value is -1.38. The minimum atomic E-state index is -0.740. The van der Waals surface area contributed by atoms with Gasteiger partial charge in [-0.2, -0.15) is 5.26 Å². The zero-order valence-corrected chi connectivity index (χ0v) is 12.7. The SMILES string of the molecule is CC(C#N)(NC(=O)CSc1ccc(N)c(Cl)c1)C1CC1. The molecule has 1 fully saturated rings. The Labute approximate surface area is 127 Å². The van der Waals surface area contributed by atoms with E-state index in [9.17, 15) is 10.1 Å². The molecule has 3 N–H and O–H groups in total. The fourth-order valence-corrected chi connectivity index (χ4v) is 2.93. The predicted octanol–water partition coefficient (Wildman–Crippen LogP) is 2.82. The van der Waals surface area contributed by atoms with Crippen LogP contribution < -0.4 is 11.1 Å². The molecule has 20 heavy (non-hydrogen) atoms. The number of thioether (sulfide) groups is 1. The van der Waals surface area contributed by atoms with Crippen LogP contribution in [0.2, 0.25) is 5.02 Å². The third kappa shape index (κ3) is 3.59. The second-order valence-corrected chi connectivity index (χ2v) is 6.56. The number of amides is 1. The first-order valence-electron chi connectivity index (χ1n) is 6.34. The molecule has 1 aromatic carbocycles. The van der Waals surface area contributed by atoms with Gasteiger partial charge in [0.1, 0.15) is 5.54 Å². The van der Waals surface area contributed by atoms with E-state index in [1.54, 1.807) is 19.1 Å². The normalized spacial score (nSPS) is 17.1. The molecule has 1 aromatic rings. The molecule has 0 aromatic heterocycles. The van der Waals surface area contributed by atoms with Crippen LogP contribution in [-0.2, 0) is 4.79 Å². The fourth-order valence-electron chi connectivity index (χ4n) is 1.95. The van der Waals surface area contributed by atoms with Gasteiger partial charge in [0, 0.05) is 4.90 Å². The van der Waals surface area contributed by atoms with E-state index in [4.69, 9.17) is 17.3 Å². The van der Waals surface area contributed by atoms with Crippen LogP contribution in [0.4, 0.5) is 5.69 Å². The summed E-state index contributed by atoms with van der Waals surface area (Å²) in [5.74, 6) is 0.399. The highest BCUT2D eigenvalue weighted by Gasteiger charge is 2.42. The highest BCUT2D eigenvalue weighted by molar-refractivity contribution is 8.00. The van der Waals surface area contributed by atoms with Crippen molar-refractivity contribution in [3.8, 4) is 6.07 Å². The molecule has 1 atom stereocenters. The summed E-state index contributed by atoms with van der Waals surface area (Å²) in [4.78, 5) is 12.8. The predicted molar refractivity (Wildman–Crippen MR) is 81.5 cm³/mol. The Balaban J connectivity index is 1.89. The van der Waals surface area contributed by atoms with Crippen LogP contribution in [0.15, 0.2) is 23.1 Å². The number of nitrogens with zero attached hydrogens (tertiary/aromatic N) is 1. The molecule has 0 aliphatic heterocycles. The molecule has 1 unspecified atom stereocenters. The summed E-state index contributed by atoms with van der Waals surface area (Å²) in [6.07, 6.45) is 2.01. The van der Waals surface area contributed by atoms with Crippen molar-refractivity contribution in [2.24, 2.45) is 5.92 Å². The first-order valence-corrected chi connectivity index (χ1v) is 7.71. The topological polar surface area (TPSA) is 78.9 Å². The summed E-state index contributed by atoms with van der Waals surface area (Å²) >= 11 is 7.30. The average molecular weight is 310 g/mol. The number of nitrogens with one attached hydrogen (secondary N) is 1. The van der Waals surface area contributed by atoms with Gasteiger partial charge in [-0.15, -0.1) is 11.8 Å². The summed E-state index contributed by atoms with van der Waals surface area (Å²) in [6, 6.07) is 7.48. The van der Waals surface area contributed by atoms with Crippen molar-refractivity contribution in [2.75, 3.05) is 11.5 Å². The van der Waals surface area contributed by atoms with Crippen LogP contribution in [0.1, 0.15) is 19.8 Å². The van der Waals surface area contributed by atoms with Crippen LogP contribution in [0.25, 0.3) is 0 Å². The van der Waals surface area contributed by atoms with Gasteiger partial charge in [0.05, 0.1) is 22.5 Å². The quantitative estimate of drug-likeness (QED) is 0.647. The van der Waals surface area contributed by atoms with Gasteiger partial charge in [0.15, 0.2) is 0 Å². The number of rotatable bonds is 5. The van der Waals surface area contributed by atoms with Crippen molar-refractivity contribution in [3.63, 3.8) is 0 Å². The summed E-state index contributed by atoms with van der Waals surface area (Å²) < 4.78 is 0. The van der Waals surface area contributed by atoms with Crippen LogP contribution >= 0.6 is 23.4 Å². The maximum Gasteiger partial charge on any atom is 0.231 e. The third-order valence-corrected chi connectivity index (χ3v) is 4.69. The van der Waals surface area contributed by atoms with Gasteiger partial charge in [-0.1, -0.05) is 11.6 Å². The Bertz CT molecular complexity index is 568. The van der Waals surface area contributed by atoms with E-state index in [0.717, 1.165) is 17.7 Å². The van der Waals surface area contributed by atoms with Gasteiger partial charge in [-0.25, -0.2) is 0 Å². The van der Waals surface area contributed by atoms with Crippen molar-refractivity contribution in [3.05, 3.63) is 23.2 Å². The molecule has 6 heteroatoms. The summed E-state index contributed by atoms with van der Waals surface area (Å²) in [7, 11) is 0. The van der Waals surface area contributed by atoms with Crippen LogP contribution in [0.3, 0.4) is 0 Å². The zero-order valence-electron chi connectivity index (χ0n) is 11.1. The van der Waals surface area contributed by atoms with Crippen molar-refractivity contribution >= 4 is 35.0 Å². The average Bonchev–Trinajstić information content (AvgIpc) is 3.25. The number of carbonyl (C=O) groups excluding carboxylic acids is 1. The summed E-state index contributed by atoms with van der Waals surface area (Å²) in [5.41, 5.74) is 5.41. The molecular weight excluding hydrogens is 294 g/mol. The van der Waals surface area contributed by atoms with E-state index >= 15 is 0 Å². The zero-order chi connectivity index (χ0) is 14.8. The minimum absolute atomic E-state index is 0.140. The molecule has 1 saturated carbocycles. The second-order valence-electron chi connectivity index (χ2n) is 5.11. The molecule has 0 heterocycles. The summed E-state index contributed by atoms with van der Waals surface area (Å²) in [6.45, 7) is 1.79. The number of anilines is 1. The first kappa shape index (κ1) is 15.0. The number of hydrogen-bond donors (Lipinski definition) is 2. The maximum absolute atomic E-state index is 11.9. The lowest BCUT2D eigenvalue weighted by molar-refractivity contribution is -0.119. The lowest BCUT2D eigenvalue weighted by Crippen LogP contribution is -2.47. The highest BCUT2D eigenvalue weighted by atomic mass is 35.5. The Morgan fingerprint density at radius 3 is 2.90 bits per heavy atom. The van der Waals surface area contributed by atoms with E-state index < -0.39 is 5.54 Å². The lowest BCUT2D eigenvalue weighted by Gasteiger charge is -2.22. The van der Waals surface area contributed by atoms with E-state index in [1.165, 1.54) is 11.8 Å². The molecule has 1 aliphatic carbocycles. The first-order chi connectivity index (χ1) is 9.44. The summed E-state index contributed by atoms with van der Waals surface area (Å²) in [5, 5.41) is 12.5. The van der Waals surface area contributed by atoms with Gasteiger partial charge in [0.25, 0.3) is 0 Å². The lowest BCUT2D eigenvalue weighted by atomic mass is 9.98. The molecule has 106 valence electrons. The Morgan fingerprint density at radius 1 is 1.65 bits per heavy atom. The van der Waals surface area contributed by atoms with Gasteiger partial charge in [0.2, 0.25) is 5.91 Å². The van der Waals surface area contributed by atoms with Gasteiger partial charge in [-0.3, -0.25) is 4.79 Å². The Morgan fingerprint density at radius 2 is 2.35 bits per heavy atom. The van der Waals surface area contributed by atoms with Gasteiger partial charge in [-0.05, 0) is 43.9 Å². The molecule has 0 spiro atoms. The highest BCUT2D eigenvalue weighted by Crippen LogP contribution is 2.39. The minimum Gasteiger partial charge on any atom is -0.398 e. The monoisotopic (exact) mass is 309 g/mol. The van der Waals surface area contributed by atoms with Gasteiger partial charge >= 0.3 is 0 Å². The fraction of sp³-hybridized carbons (Fsp3) is 0.429. The number of hydrogen-bond acceptors (Lipinski definition) is 4. The van der Waals surface area contributed by atoms with E-state index in [-0.39, 0.29) is 17.6 Å². The molecule has 1 amide bonds. The molecule has 0 saturated heterocycles. The Kier molecular flexibility index (Phi) is 4.46. The number of nitrogen functional groups attached to an aromatic ring is 1. The third-order valence-electron chi connectivity index (χ3n) is 3.37. The van der Waals surface area contributed by atoms with Gasteiger partial charge < -0.3 is 11.1 Å². The molecule has 0 radical (unpaired) electrons. The van der Waals surface area contributed by atoms with Crippen molar-refractivity contribution < 1.29 is 4.79 Å².